The Morgan fingerprint density at radius 2 is 2.39 bits per heavy atom. The second kappa shape index (κ2) is 5.52. The lowest BCUT2D eigenvalue weighted by Gasteiger charge is -2.17. The molecule has 0 bridgehead atoms. The Morgan fingerprint density at radius 1 is 1.56 bits per heavy atom. The molecule has 1 unspecified atom stereocenters. The highest BCUT2D eigenvalue weighted by Gasteiger charge is 2.13. The van der Waals surface area contributed by atoms with Crippen molar-refractivity contribution in [3.8, 4) is 6.07 Å². The van der Waals surface area contributed by atoms with Crippen molar-refractivity contribution in [3.05, 3.63) is 40.3 Å². The minimum atomic E-state index is 0.126. The van der Waals surface area contributed by atoms with Crippen LogP contribution in [-0.4, -0.2) is 4.98 Å². The normalized spacial score (nSPS) is 11.8. The fourth-order valence-corrected chi connectivity index (χ4v) is 2.46. The highest BCUT2D eigenvalue weighted by Crippen LogP contribution is 2.28. The summed E-state index contributed by atoms with van der Waals surface area (Å²) in [5.74, 6) is 0. The van der Waals surface area contributed by atoms with Gasteiger partial charge >= 0.3 is 0 Å². The maximum Gasteiger partial charge on any atom is 0.115 e. The largest absolute Gasteiger partial charge is 0.397 e. The van der Waals surface area contributed by atoms with Gasteiger partial charge in [0.1, 0.15) is 5.01 Å². The zero-order valence-corrected chi connectivity index (χ0v) is 10.9. The Balaban J connectivity index is 2.25. The van der Waals surface area contributed by atoms with Crippen LogP contribution in [0.3, 0.4) is 0 Å². The number of nitrogens with one attached hydrogen (secondary N) is 1. The third kappa shape index (κ3) is 2.60. The molecule has 1 aromatic carbocycles. The van der Waals surface area contributed by atoms with E-state index in [9.17, 15) is 0 Å². The standard InChI is InChI=1S/C13H14N4S/c1-2-11(13-16-5-6-18-13)17-12-7-9(8-14)3-4-10(12)15/h3-7,11,17H,2,15H2,1H3. The van der Waals surface area contributed by atoms with Crippen molar-refractivity contribution in [3.63, 3.8) is 0 Å². The first-order chi connectivity index (χ1) is 8.74. The number of nitrogens with zero attached hydrogens (tertiary/aromatic N) is 2. The average Bonchev–Trinajstić information content (AvgIpc) is 2.91. The van der Waals surface area contributed by atoms with E-state index in [2.05, 4.69) is 23.3 Å². The third-order valence-corrected chi connectivity index (χ3v) is 3.56. The van der Waals surface area contributed by atoms with Gasteiger partial charge < -0.3 is 11.1 Å². The monoisotopic (exact) mass is 258 g/mol. The zero-order chi connectivity index (χ0) is 13.0. The lowest BCUT2D eigenvalue weighted by Crippen LogP contribution is -2.10. The molecule has 0 amide bonds. The Hall–Kier alpha value is -2.06. The molecule has 2 aromatic rings. The molecule has 4 nitrogen and oxygen atoms in total. The molecule has 0 aliphatic rings. The fraction of sp³-hybridized carbons (Fsp3) is 0.231. The zero-order valence-electron chi connectivity index (χ0n) is 10.1. The summed E-state index contributed by atoms with van der Waals surface area (Å²) in [6, 6.07) is 7.47. The van der Waals surface area contributed by atoms with Crippen LogP contribution < -0.4 is 11.1 Å². The van der Waals surface area contributed by atoms with Crippen LogP contribution >= 0.6 is 11.3 Å². The summed E-state index contributed by atoms with van der Waals surface area (Å²) in [6.07, 6.45) is 2.70. The minimum Gasteiger partial charge on any atom is -0.397 e. The van der Waals surface area contributed by atoms with E-state index in [1.54, 1.807) is 35.7 Å². The molecular formula is C13H14N4S. The predicted octanol–water partition coefficient (Wildman–Crippen LogP) is 3.16. The summed E-state index contributed by atoms with van der Waals surface area (Å²) < 4.78 is 0. The SMILES string of the molecule is CCC(Nc1cc(C#N)ccc1N)c1nccs1. The summed E-state index contributed by atoms with van der Waals surface area (Å²) >= 11 is 1.61. The van der Waals surface area contributed by atoms with Gasteiger partial charge in [-0.3, -0.25) is 0 Å². The predicted molar refractivity (Wildman–Crippen MR) is 74.3 cm³/mol. The van der Waals surface area contributed by atoms with Gasteiger partial charge in [0.25, 0.3) is 0 Å². The minimum absolute atomic E-state index is 0.126. The molecule has 2 rings (SSSR count). The number of rotatable bonds is 4. The molecule has 3 N–H and O–H groups in total. The second-order valence-electron chi connectivity index (χ2n) is 3.89. The lowest BCUT2D eigenvalue weighted by atomic mass is 10.1. The van der Waals surface area contributed by atoms with Crippen LogP contribution in [0.4, 0.5) is 11.4 Å². The molecule has 0 saturated heterocycles. The smallest absolute Gasteiger partial charge is 0.115 e. The number of nitrogen functional groups attached to an aromatic ring is 1. The van der Waals surface area contributed by atoms with Gasteiger partial charge in [-0.2, -0.15) is 5.26 Å². The van der Waals surface area contributed by atoms with Crippen LogP contribution in [-0.2, 0) is 0 Å². The molecule has 1 atom stereocenters. The van der Waals surface area contributed by atoms with Crippen LogP contribution in [0.5, 0.6) is 0 Å². The maximum atomic E-state index is 8.90. The average molecular weight is 258 g/mol. The summed E-state index contributed by atoms with van der Waals surface area (Å²) in [6.45, 7) is 2.09. The van der Waals surface area contributed by atoms with Gasteiger partial charge in [-0.15, -0.1) is 11.3 Å². The van der Waals surface area contributed by atoms with Crippen LogP contribution in [0.2, 0.25) is 0 Å². The number of hydrogen-bond acceptors (Lipinski definition) is 5. The second-order valence-corrected chi connectivity index (χ2v) is 4.82. The van der Waals surface area contributed by atoms with Crippen molar-refractivity contribution < 1.29 is 0 Å². The molecule has 0 fully saturated rings. The molecule has 0 radical (unpaired) electrons. The first-order valence-electron chi connectivity index (χ1n) is 5.70. The number of anilines is 2. The number of nitrogens with two attached hydrogens (primary N) is 1. The maximum absolute atomic E-state index is 8.90. The van der Waals surface area contributed by atoms with E-state index < -0.39 is 0 Å². The van der Waals surface area contributed by atoms with Crippen molar-refractivity contribution in [1.82, 2.24) is 4.98 Å². The van der Waals surface area contributed by atoms with Crippen LogP contribution in [0, 0.1) is 11.3 Å². The van der Waals surface area contributed by atoms with Gasteiger partial charge in [0.15, 0.2) is 0 Å². The topological polar surface area (TPSA) is 74.7 Å². The Kier molecular flexibility index (Phi) is 3.80. The highest BCUT2D eigenvalue weighted by atomic mass is 32.1. The van der Waals surface area contributed by atoms with E-state index in [1.165, 1.54) is 0 Å². The third-order valence-electron chi connectivity index (χ3n) is 2.67. The van der Waals surface area contributed by atoms with E-state index in [-0.39, 0.29) is 6.04 Å². The van der Waals surface area contributed by atoms with Gasteiger partial charge in [-0.25, -0.2) is 4.98 Å². The van der Waals surface area contributed by atoms with Crippen LogP contribution in [0.25, 0.3) is 0 Å². The highest BCUT2D eigenvalue weighted by molar-refractivity contribution is 7.09. The Morgan fingerprint density at radius 3 is 3.00 bits per heavy atom. The van der Waals surface area contributed by atoms with Gasteiger partial charge in [-0.1, -0.05) is 6.92 Å². The van der Waals surface area contributed by atoms with E-state index >= 15 is 0 Å². The van der Waals surface area contributed by atoms with Crippen molar-refractivity contribution >= 4 is 22.7 Å². The number of thiazole rings is 1. The lowest BCUT2D eigenvalue weighted by molar-refractivity contribution is 0.742. The molecule has 0 saturated carbocycles. The number of nitriles is 1. The molecule has 5 heteroatoms. The van der Waals surface area contributed by atoms with Crippen LogP contribution in [0.1, 0.15) is 30.0 Å². The quantitative estimate of drug-likeness (QED) is 0.826. The summed E-state index contributed by atoms with van der Waals surface area (Å²) in [5, 5.41) is 15.2. The van der Waals surface area contributed by atoms with E-state index in [1.807, 2.05) is 5.38 Å². The molecule has 0 aliphatic heterocycles. The summed E-state index contributed by atoms with van der Waals surface area (Å²) in [7, 11) is 0. The van der Waals surface area contributed by atoms with Crippen molar-refractivity contribution in [2.75, 3.05) is 11.1 Å². The Labute approximate surface area is 110 Å². The van der Waals surface area contributed by atoms with Crippen molar-refractivity contribution in [2.24, 2.45) is 0 Å². The first-order valence-corrected chi connectivity index (χ1v) is 6.58. The molecule has 18 heavy (non-hydrogen) atoms. The van der Waals surface area contributed by atoms with Crippen molar-refractivity contribution in [1.29, 1.82) is 5.26 Å². The molecule has 1 heterocycles. The number of benzene rings is 1. The van der Waals surface area contributed by atoms with Crippen LogP contribution in [0.15, 0.2) is 29.8 Å². The summed E-state index contributed by atoms with van der Waals surface area (Å²) in [5.41, 5.74) is 7.94. The van der Waals surface area contributed by atoms with Gasteiger partial charge in [-0.05, 0) is 24.6 Å². The van der Waals surface area contributed by atoms with Gasteiger partial charge in [0.2, 0.25) is 0 Å². The van der Waals surface area contributed by atoms with Gasteiger partial charge in [0.05, 0.1) is 29.0 Å². The van der Waals surface area contributed by atoms with E-state index in [0.29, 0.717) is 11.3 Å². The van der Waals surface area contributed by atoms with Crippen molar-refractivity contribution in [2.45, 2.75) is 19.4 Å². The molecule has 92 valence electrons. The molecule has 0 aliphatic carbocycles. The molecule has 1 aromatic heterocycles. The van der Waals surface area contributed by atoms with Gasteiger partial charge in [0, 0.05) is 11.6 Å². The number of aromatic nitrogens is 1. The van der Waals surface area contributed by atoms with E-state index in [4.69, 9.17) is 11.0 Å². The molecular weight excluding hydrogens is 244 g/mol. The summed E-state index contributed by atoms with van der Waals surface area (Å²) in [4.78, 5) is 4.31. The first kappa shape index (κ1) is 12.4. The Bertz CT molecular complexity index is 557. The van der Waals surface area contributed by atoms with E-state index in [0.717, 1.165) is 17.1 Å². The molecule has 0 spiro atoms. The fourth-order valence-electron chi connectivity index (χ4n) is 1.68. The number of hydrogen-bond donors (Lipinski definition) is 2.